The predicted octanol–water partition coefficient (Wildman–Crippen LogP) is 8.13. The molecule has 1 aromatic carbocycles. The second-order valence-corrected chi connectivity index (χ2v) is 11.3. The van der Waals surface area contributed by atoms with Gasteiger partial charge >= 0.3 is 0 Å². The van der Waals surface area contributed by atoms with E-state index in [-0.39, 0.29) is 11.6 Å². The lowest BCUT2D eigenvalue weighted by Gasteiger charge is -2.22. The lowest BCUT2D eigenvalue weighted by Crippen LogP contribution is -2.23. The minimum atomic E-state index is -1.00. The first-order valence-electron chi connectivity index (χ1n) is 13.3. The SMILES string of the molecule is CC1=C(/C=C/C(C)(O)CCC[C@H](C)CCC[C@H](C)CCCC(C)C)C(=O)c2ccccc2C1=O. The average molecular weight is 467 g/mol. The molecular weight excluding hydrogens is 420 g/mol. The van der Waals surface area contributed by atoms with Crippen LogP contribution in [0, 0.1) is 17.8 Å². The van der Waals surface area contributed by atoms with Crippen LogP contribution >= 0.6 is 0 Å². The highest BCUT2D eigenvalue weighted by Gasteiger charge is 2.28. The number of carbonyl (C=O) groups is 2. The summed E-state index contributed by atoms with van der Waals surface area (Å²) in [5.74, 6) is 2.02. The molecule has 2 rings (SSSR count). The summed E-state index contributed by atoms with van der Waals surface area (Å²) in [5, 5.41) is 10.9. The summed E-state index contributed by atoms with van der Waals surface area (Å²) in [5.41, 5.74) is 0.745. The van der Waals surface area contributed by atoms with Gasteiger partial charge in [0.25, 0.3) is 0 Å². The molecule has 1 N–H and O–H groups in total. The van der Waals surface area contributed by atoms with Gasteiger partial charge in [0.05, 0.1) is 5.60 Å². The van der Waals surface area contributed by atoms with Crippen LogP contribution in [0.3, 0.4) is 0 Å². The largest absolute Gasteiger partial charge is 0.386 e. The van der Waals surface area contributed by atoms with Gasteiger partial charge in [0, 0.05) is 22.3 Å². The van der Waals surface area contributed by atoms with Gasteiger partial charge in [0.15, 0.2) is 11.6 Å². The summed E-state index contributed by atoms with van der Waals surface area (Å²) >= 11 is 0. The number of Topliss-reactive ketones (excluding diaryl/α,β-unsaturated/α-hetero) is 2. The van der Waals surface area contributed by atoms with Crippen molar-refractivity contribution in [1.29, 1.82) is 0 Å². The van der Waals surface area contributed by atoms with Crippen LogP contribution in [0.4, 0.5) is 0 Å². The van der Waals surface area contributed by atoms with E-state index in [4.69, 9.17) is 0 Å². The minimum Gasteiger partial charge on any atom is -0.386 e. The Balaban J connectivity index is 1.77. The number of hydrogen-bond acceptors (Lipinski definition) is 3. The lowest BCUT2D eigenvalue weighted by molar-refractivity contribution is 0.0957. The second kappa shape index (κ2) is 13.2. The Bertz CT molecular complexity index is 888. The highest BCUT2D eigenvalue weighted by Crippen LogP contribution is 2.28. The summed E-state index contributed by atoms with van der Waals surface area (Å²) in [6.07, 6.45) is 13.9. The molecule has 3 heteroatoms. The maximum absolute atomic E-state index is 12.9. The van der Waals surface area contributed by atoms with Crippen LogP contribution in [0.15, 0.2) is 47.6 Å². The zero-order valence-electron chi connectivity index (χ0n) is 22.3. The third-order valence-electron chi connectivity index (χ3n) is 7.27. The zero-order valence-corrected chi connectivity index (χ0v) is 22.3. The van der Waals surface area contributed by atoms with E-state index < -0.39 is 5.60 Å². The van der Waals surface area contributed by atoms with Gasteiger partial charge in [-0.1, -0.05) is 115 Å². The van der Waals surface area contributed by atoms with Gasteiger partial charge in [-0.05, 0) is 38.0 Å². The first-order chi connectivity index (χ1) is 16.0. The molecule has 0 fully saturated rings. The van der Waals surface area contributed by atoms with Gasteiger partial charge in [-0.15, -0.1) is 0 Å². The highest BCUT2D eigenvalue weighted by atomic mass is 16.3. The van der Waals surface area contributed by atoms with Gasteiger partial charge in [0.2, 0.25) is 0 Å². The Morgan fingerprint density at radius 1 is 0.824 bits per heavy atom. The van der Waals surface area contributed by atoms with Crippen molar-refractivity contribution < 1.29 is 14.7 Å². The smallest absolute Gasteiger partial charge is 0.194 e. The lowest BCUT2D eigenvalue weighted by atomic mass is 9.83. The molecule has 0 aromatic heterocycles. The molecule has 0 amide bonds. The summed E-state index contributed by atoms with van der Waals surface area (Å²) in [4.78, 5) is 25.5. The van der Waals surface area contributed by atoms with Crippen molar-refractivity contribution in [3.63, 3.8) is 0 Å². The number of carbonyl (C=O) groups excluding carboxylic acids is 2. The van der Waals surface area contributed by atoms with E-state index in [0.29, 0.717) is 34.6 Å². The molecule has 0 aliphatic heterocycles. The predicted molar refractivity (Wildman–Crippen MR) is 142 cm³/mol. The summed E-state index contributed by atoms with van der Waals surface area (Å²) in [7, 11) is 0. The molecule has 0 heterocycles. The Labute approximate surface area is 207 Å². The van der Waals surface area contributed by atoms with Gasteiger partial charge in [0.1, 0.15) is 0 Å². The van der Waals surface area contributed by atoms with Crippen LogP contribution in [0.2, 0.25) is 0 Å². The van der Waals surface area contributed by atoms with Crippen molar-refractivity contribution in [2.24, 2.45) is 17.8 Å². The van der Waals surface area contributed by atoms with Crippen molar-refractivity contribution in [2.45, 2.75) is 105 Å². The molecule has 0 bridgehead atoms. The van der Waals surface area contributed by atoms with E-state index in [2.05, 4.69) is 27.7 Å². The van der Waals surface area contributed by atoms with Crippen molar-refractivity contribution in [3.05, 3.63) is 58.7 Å². The normalized spacial score (nSPS) is 17.9. The quantitative estimate of drug-likeness (QED) is 0.301. The second-order valence-electron chi connectivity index (χ2n) is 11.3. The molecule has 0 saturated heterocycles. The molecule has 1 unspecified atom stereocenters. The third kappa shape index (κ3) is 8.65. The molecule has 0 radical (unpaired) electrons. The first-order valence-corrected chi connectivity index (χ1v) is 13.3. The average Bonchev–Trinajstić information content (AvgIpc) is 2.77. The Morgan fingerprint density at radius 2 is 1.32 bits per heavy atom. The topological polar surface area (TPSA) is 54.4 Å². The zero-order chi connectivity index (χ0) is 25.3. The Kier molecular flexibility index (Phi) is 11.0. The number of rotatable bonds is 14. The van der Waals surface area contributed by atoms with Crippen molar-refractivity contribution in [2.75, 3.05) is 0 Å². The summed E-state index contributed by atoms with van der Waals surface area (Å²) < 4.78 is 0. The number of allylic oxidation sites excluding steroid dienone is 3. The maximum Gasteiger partial charge on any atom is 0.194 e. The molecule has 34 heavy (non-hydrogen) atoms. The maximum atomic E-state index is 12.9. The fraction of sp³-hybridized carbons (Fsp3) is 0.613. The van der Waals surface area contributed by atoms with Crippen molar-refractivity contribution >= 4 is 11.6 Å². The van der Waals surface area contributed by atoms with E-state index in [1.807, 2.05) is 0 Å². The monoisotopic (exact) mass is 466 g/mol. The molecule has 0 spiro atoms. The van der Waals surface area contributed by atoms with Crippen LogP contribution in [-0.4, -0.2) is 22.3 Å². The first kappa shape index (κ1) is 28.2. The number of ketones is 2. The number of aliphatic hydroxyl groups is 1. The van der Waals surface area contributed by atoms with Gasteiger partial charge in [-0.2, -0.15) is 0 Å². The number of hydrogen-bond donors (Lipinski definition) is 1. The third-order valence-corrected chi connectivity index (χ3v) is 7.27. The Hall–Kier alpha value is -2.00. The standard InChI is InChI=1S/C31H46O3/c1-22(2)12-9-13-23(3)14-10-15-24(4)16-11-20-31(6,34)21-19-26-25(5)29(32)27-17-7-8-18-28(27)30(26)33/h7-8,17-19,21-24,34H,9-16,20H2,1-6H3/b21-19+/t23-,24-,31?/m1/s1. The van der Waals surface area contributed by atoms with E-state index in [0.717, 1.165) is 24.7 Å². The van der Waals surface area contributed by atoms with Gasteiger partial charge < -0.3 is 5.11 Å². The summed E-state index contributed by atoms with van der Waals surface area (Å²) in [6, 6.07) is 6.95. The van der Waals surface area contributed by atoms with Crippen molar-refractivity contribution in [3.8, 4) is 0 Å². The fourth-order valence-corrected chi connectivity index (χ4v) is 4.85. The van der Waals surface area contributed by atoms with Crippen LogP contribution in [-0.2, 0) is 0 Å². The fourth-order valence-electron chi connectivity index (χ4n) is 4.85. The van der Waals surface area contributed by atoms with Gasteiger partial charge in [-0.3, -0.25) is 9.59 Å². The molecular formula is C31H46O3. The van der Waals surface area contributed by atoms with E-state index in [1.54, 1.807) is 50.3 Å². The van der Waals surface area contributed by atoms with Crippen LogP contribution in [0.1, 0.15) is 120 Å². The van der Waals surface area contributed by atoms with E-state index in [9.17, 15) is 14.7 Å². The highest BCUT2D eigenvalue weighted by molar-refractivity contribution is 6.27. The van der Waals surface area contributed by atoms with Crippen LogP contribution in [0.5, 0.6) is 0 Å². The summed E-state index contributed by atoms with van der Waals surface area (Å²) in [6.45, 7) is 12.8. The molecule has 1 aliphatic carbocycles. The molecule has 188 valence electrons. The Morgan fingerprint density at radius 3 is 1.88 bits per heavy atom. The number of fused-ring (bicyclic) bond motifs is 1. The van der Waals surface area contributed by atoms with Gasteiger partial charge in [-0.25, -0.2) is 0 Å². The molecule has 0 saturated carbocycles. The van der Waals surface area contributed by atoms with Crippen molar-refractivity contribution in [1.82, 2.24) is 0 Å². The van der Waals surface area contributed by atoms with Crippen LogP contribution < -0.4 is 0 Å². The number of benzene rings is 1. The minimum absolute atomic E-state index is 0.113. The molecule has 1 aromatic rings. The molecule has 1 aliphatic rings. The van der Waals surface area contributed by atoms with E-state index in [1.165, 1.54) is 38.5 Å². The molecule has 3 atom stereocenters. The molecule has 3 nitrogen and oxygen atoms in total. The van der Waals surface area contributed by atoms with E-state index >= 15 is 0 Å². The van der Waals surface area contributed by atoms with Crippen LogP contribution in [0.25, 0.3) is 0 Å².